The molecule has 1 amide bonds. The second kappa shape index (κ2) is 8.30. The average molecular weight is 342 g/mol. The van der Waals surface area contributed by atoms with Crippen LogP contribution in [0.4, 0.5) is 0 Å². The van der Waals surface area contributed by atoms with Crippen molar-refractivity contribution in [2.75, 3.05) is 5.33 Å². The zero-order chi connectivity index (χ0) is 15.1. The molecule has 0 fully saturated rings. The van der Waals surface area contributed by atoms with Crippen LogP contribution < -0.4 is 10.1 Å². The van der Waals surface area contributed by atoms with E-state index in [1.807, 2.05) is 26.0 Å². The third-order valence-electron chi connectivity index (χ3n) is 3.03. The van der Waals surface area contributed by atoms with Crippen molar-refractivity contribution in [1.29, 1.82) is 0 Å². The number of hydrogen-bond acceptors (Lipinski definition) is 2. The molecule has 1 unspecified atom stereocenters. The van der Waals surface area contributed by atoms with E-state index in [4.69, 9.17) is 4.74 Å². The topological polar surface area (TPSA) is 38.3 Å². The van der Waals surface area contributed by atoms with Crippen molar-refractivity contribution >= 4 is 21.8 Å². The molecular formula is C16H24BrNO2. The molecule has 1 N–H and O–H groups in total. The summed E-state index contributed by atoms with van der Waals surface area (Å²) in [4.78, 5) is 12.2. The Morgan fingerprint density at radius 3 is 2.25 bits per heavy atom. The van der Waals surface area contributed by atoms with Crippen LogP contribution in [0.15, 0.2) is 24.3 Å². The molecule has 1 atom stereocenters. The van der Waals surface area contributed by atoms with E-state index in [1.165, 1.54) is 0 Å². The van der Waals surface area contributed by atoms with Gasteiger partial charge in [0.15, 0.2) is 0 Å². The van der Waals surface area contributed by atoms with Gasteiger partial charge in [-0.25, -0.2) is 0 Å². The second-order valence-corrected chi connectivity index (χ2v) is 6.29. The first-order valence-electron chi connectivity index (χ1n) is 7.07. The molecule has 0 spiro atoms. The van der Waals surface area contributed by atoms with Crippen LogP contribution in [0.25, 0.3) is 0 Å². The molecule has 1 aromatic carbocycles. The number of carbonyl (C=O) groups excluding carboxylic acids is 1. The molecule has 0 aliphatic heterocycles. The first-order valence-corrected chi connectivity index (χ1v) is 8.19. The van der Waals surface area contributed by atoms with Gasteiger partial charge in [0.05, 0.1) is 6.10 Å². The van der Waals surface area contributed by atoms with E-state index in [1.54, 1.807) is 12.1 Å². The SMILES string of the molecule is CC(C)Oc1ccc(C(=O)NC(CCBr)C(C)C)cc1. The number of halogens is 1. The Bertz CT molecular complexity index is 415. The highest BCUT2D eigenvalue weighted by atomic mass is 79.9. The summed E-state index contributed by atoms with van der Waals surface area (Å²) in [5.74, 6) is 1.18. The van der Waals surface area contributed by atoms with E-state index >= 15 is 0 Å². The standard InChI is InChI=1S/C16H24BrNO2/c1-11(2)15(9-10-17)18-16(19)13-5-7-14(8-6-13)20-12(3)4/h5-8,11-12,15H,9-10H2,1-4H3,(H,18,19). The van der Waals surface area contributed by atoms with Crippen LogP contribution in [0.1, 0.15) is 44.5 Å². The van der Waals surface area contributed by atoms with Gasteiger partial charge in [-0.05, 0) is 50.5 Å². The molecule has 0 heterocycles. The second-order valence-electron chi connectivity index (χ2n) is 5.49. The van der Waals surface area contributed by atoms with Crippen LogP contribution in [0, 0.1) is 5.92 Å². The Morgan fingerprint density at radius 1 is 1.20 bits per heavy atom. The van der Waals surface area contributed by atoms with Gasteiger partial charge >= 0.3 is 0 Å². The average Bonchev–Trinajstić information content (AvgIpc) is 2.38. The Labute approximate surface area is 130 Å². The smallest absolute Gasteiger partial charge is 0.251 e. The Hall–Kier alpha value is -1.03. The molecule has 0 bridgehead atoms. The summed E-state index contributed by atoms with van der Waals surface area (Å²) in [7, 11) is 0. The molecule has 1 aromatic rings. The number of ether oxygens (including phenoxy) is 1. The summed E-state index contributed by atoms with van der Waals surface area (Å²) in [6.07, 6.45) is 1.07. The summed E-state index contributed by atoms with van der Waals surface area (Å²) in [6, 6.07) is 7.47. The highest BCUT2D eigenvalue weighted by Crippen LogP contribution is 2.15. The summed E-state index contributed by atoms with van der Waals surface area (Å²) < 4.78 is 5.57. The van der Waals surface area contributed by atoms with Gasteiger partial charge in [0.25, 0.3) is 5.91 Å². The lowest BCUT2D eigenvalue weighted by atomic mass is 10.0. The fourth-order valence-electron chi connectivity index (χ4n) is 1.90. The van der Waals surface area contributed by atoms with Gasteiger partial charge in [0.1, 0.15) is 5.75 Å². The molecule has 4 heteroatoms. The first kappa shape index (κ1) is 17.0. The molecule has 0 aliphatic carbocycles. The molecule has 1 rings (SSSR count). The highest BCUT2D eigenvalue weighted by molar-refractivity contribution is 9.09. The maximum atomic E-state index is 12.2. The van der Waals surface area contributed by atoms with Crippen molar-refractivity contribution in [3.63, 3.8) is 0 Å². The number of benzene rings is 1. The molecule has 0 saturated carbocycles. The number of carbonyl (C=O) groups is 1. The molecule has 0 saturated heterocycles. The largest absolute Gasteiger partial charge is 0.491 e. The molecule has 112 valence electrons. The first-order chi connectivity index (χ1) is 9.43. The van der Waals surface area contributed by atoms with Crippen molar-refractivity contribution in [2.24, 2.45) is 5.92 Å². The minimum Gasteiger partial charge on any atom is -0.491 e. The van der Waals surface area contributed by atoms with Gasteiger partial charge < -0.3 is 10.1 Å². The Balaban J connectivity index is 2.67. The zero-order valence-electron chi connectivity index (χ0n) is 12.7. The molecule has 0 aliphatic rings. The normalized spacial score (nSPS) is 12.6. The Morgan fingerprint density at radius 2 is 1.80 bits per heavy atom. The number of nitrogens with one attached hydrogen (secondary N) is 1. The summed E-state index contributed by atoms with van der Waals surface area (Å²) >= 11 is 3.43. The molecule has 20 heavy (non-hydrogen) atoms. The quantitative estimate of drug-likeness (QED) is 0.761. The molecular weight excluding hydrogens is 318 g/mol. The predicted octanol–water partition coefficient (Wildman–Crippen LogP) is 4.01. The van der Waals surface area contributed by atoms with Crippen LogP contribution in [0.5, 0.6) is 5.75 Å². The summed E-state index contributed by atoms with van der Waals surface area (Å²) in [6.45, 7) is 8.20. The third-order valence-corrected chi connectivity index (χ3v) is 3.49. The lowest BCUT2D eigenvalue weighted by molar-refractivity contribution is 0.0925. The van der Waals surface area contributed by atoms with Crippen LogP contribution in [-0.2, 0) is 0 Å². The fourth-order valence-corrected chi connectivity index (χ4v) is 2.39. The number of amides is 1. The van der Waals surface area contributed by atoms with E-state index in [0.717, 1.165) is 17.5 Å². The van der Waals surface area contributed by atoms with Crippen molar-refractivity contribution in [2.45, 2.75) is 46.3 Å². The summed E-state index contributed by atoms with van der Waals surface area (Å²) in [5, 5.41) is 3.97. The predicted molar refractivity (Wildman–Crippen MR) is 86.7 cm³/mol. The van der Waals surface area contributed by atoms with Crippen LogP contribution in [0.3, 0.4) is 0 Å². The fraction of sp³-hybridized carbons (Fsp3) is 0.562. The van der Waals surface area contributed by atoms with Gasteiger partial charge in [-0.15, -0.1) is 0 Å². The van der Waals surface area contributed by atoms with Gasteiger partial charge in [-0.2, -0.15) is 0 Å². The van der Waals surface area contributed by atoms with Crippen molar-refractivity contribution in [3.8, 4) is 5.75 Å². The zero-order valence-corrected chi connectivity index (χ0v) is 14.2. The van der Waals surface area contributed by atoms with Gasteiger partial charge in [0.2, 0.25) is 0 Å². The van der Waals surface area contributed by atoms with E-state index in [9.17, 15) is 4.79 Å². The summed E-state index contributed by atoms with van der Waals surface area (Å²) in [5.41, 5.74) is 0.668. The number of rotatable bonds is 7. The minimum atomic E-state index is -0.0271. The van der Waals surface area contributed by atoms with E-state index in [2.05, 4.69) is 35.1 Å². The lowest BCUT2D eigenvalue weighted by Gasteiger charge is -2.21. The third kappa shape index (κ3) is 5.53. The molecule has 3 nitrogen and oxygen atoms in total. The van der Waals surface area contributed by atoms with Crippen LogP contribution in [-0.4, -0.2) is 23.4 Å². The molecule has 0 aromatic heterocycles. The van der Waals surface area contributed by atoms with Gasteiger partial charge in [0, 0.05) is 16.9 Å². The van der Waals surface area contributed by atoms with Crippen molar-refractivity contribution in [3.05, 3.63) is 29.8 Å². The Kier molecular flexibility index (Phi) is 7.06. The lowest BCUT2D eigenvalue weighted by Crippen LogP contribution is -2.38. The van der Waals surface area contributed by atoms with Gasteiger partial charge in [-0.3, -0.25) is 4.79 Å². The monoisotopic (exact) mass is 341 g/mol. The highest BCUT2D eigenvalue weighted by Gasteiger charge is 2.16. The molecule has 0 radical (unpaired) electrons. The van der Waals surface area contributed by atoms with E-state index < -0.39 is 0 Å². The van der Waals surface area contributed by atoms with Crippen molar-refractivity contribution in [1.82, 2.24) is 5.32 Å². The van der Waals surface area contributed by atoms with E-state index in [-0.39, 0.29) is 18.1 Å². The number of alkyl halides is 1. The number of hydrogen-bond donors (Lipinski definition) is 1. The van der Waals surface area contributed by atoms with Crippen LogP contribution >= 0.6 is 15.9 Å². The van der Waals surface area contributed by atoms with Gasteiger partial charge in [-0.1, -0.05) is 29.8 Å². The maximum absolute atomic E-state index is 12.2. The minimum absolute atomic E-state index is 0.0271. The van der Waals surface area contributed by atoms with E-state index in [0.29, 0.717) is 11.5 Å². The maximum Gasteiger partial charge on any atom is 0.251 e. The van der Waals surface area contributed by atoms with Crippen LogP contribution in [0.2, 0.25) is 0 Å². The van der Waals surface area contributed by atoms with Crippen molar-refractivity contribution < 1.29 is 9.53 Å².